The molecule has 1 fully saturated rings. The Kier molecular flexibility index (Phi) is 16.5. The van der Waals surface area contributed by atoms with Gasteiger partial charge in [-0.15, -0.1) is 49.6 Å². The fourth-order valence-corrected chi connectivity index (χ4v) is 6.26. The summed E-state index contributed by atoms with van der Waals surface area (Å²) in [5, 5.41) is 0. The minimum Gasteiger partial charge on any atom is -0.299 e. The van der Waals surface area contributed by atoms with E-state index in [1.54, 1.807) is 0 Å². The van der Waals surface area contributed by atoms with Crippen LogP contribution in [0.1, 0.15) is 64.3 Å². The molecule has 0 bridgehead atoms. The van der Waals surface area contributed by atoms with Crippen molar-refractivity contribution in [3.8, 4) is 22.5 Å². The van der Waals surface area contributed by atoms with E-state index in [0.29, 0.717) is 6.04 Å². The summed E-state index contributed by atoms with van der Waals surface area (Å²) >= 11 is 0. The molecule has 5 rings (SSSR count). The Morgan fingerprint density at radius 1 is 0.644 bits per heavy atom. The molecular formula is C37H50Cl4N4. The number of nitrogens with zero attached hydrogens (tertiary/aromatic N) is 4. The maximum Gasteiger partial charge on any atom is 0.0705 e. The highest BCUT2D eigenvalue weighted by Crippen LogP contribution is 2.27. The van der Waals surface area contributed by atoms with Gasteiger partial charge in [0, 0.05) is 42.7 Å². The summed E-state index contributed by atoms with van der Waals surface area (Å²) in [4.78, 5) is 14.7. The molecule has 0 atom stereocenters. The van der Waals surface area contributed by atoms with Gasteiger partial charge in [-0.25, -0.2) is 0 Å². The summed E-state index contributed by atoms with van der Waals surface area (Å²) in [5.41, 5.74) is 15.4. The van der Waals surface area contributed by atoms with Crippen LogP contribution in [0.4, 0.5) is 0 Å². The third kappa shape index (κ3) is 9.91. The van der Waals surface area contributed by atoms with Crippen LogP contribution in [0.15, 0.2) is 60.9 Å². The van der Waals surface area contributed by atoms with E-state index in [-0.39, 0.29) is 49.6 Å². The lowest BCUT2D eigenvalue weighted by atomic mass is 9.97. The first-order valence-electron chi connectivity index (χ1n) is 15.2. The predicted molar refractivity (Wildman–Crippen MR) is 201 cm³/mol. The number of piperidine rings is 1. The molecule has 3 heterocycles. The van der Waals surface area contributed by atoms with Crippen molar-refractivity contribution in [2.75, 3.05) is 19.6 Å². The molecule has 0 saturated carbocycles. The average Bonchev–Trinajstić information content (AvgIpc) is 2.97. The molecular weight excluding hydrogens is 642 g/mol. The Labute approximate surface area is 296 Å². The Balaban J connectivity index is 0.00000253. The van der Waals surface area contributed by atoms with Crippen molar-refractivity contribution in [1.29, 1.82) is 0 Å². The van der Waals surface area contributed by atoms with Crippen LogP contribution in [0.25, 0.3) is 22.5 Å². The highest BCUT2D eigenvalue weighted by atomic mass is 35.5. The first kappa shape index (κ1) is 40.8. The second kappa shape index (κ2) is 18.2. The summed E-state index contributed by atoms with van der Waals surface area (Å²) in [5.74, 6) is 0. The molecule has 45 heavy (non-hydrogen) atoms. The predicted octanol–water partition coefficient (Wildman–Crippen LogP) is 9.83. The lowest BCUT2D eigenvalue weighted by Crippen LogP contribution is -2.44. The second-order valence-electron chi connectivity index (χ2n) is 12.1. The maximum absolute atomic E-state index is 4.73. The van der Waals surface area contributed by atoms with Crippen molar-refractivity contribution in [1.82, 2.24) is 19.8 Å². The van der Waals surface area contributed by atoms with E-state index >= 15 is 0 Å². The maximum atomic E-state index is 4.73. The Hall–Kier alpha value is -2.18. The number of hydrogen-bond acceptors (Lipinski definition) is 4. The van der Waals surface area contributed by atoms with Crippen LogP contribution in [0, 0.1) is 41.5 Å². The first-order valence-corrected chi connectivity index (χ1v) is 15.2. The summed E-state index contributed by atoms with van der Waals surface area (Å²) in [7, 11) is 0. The minimum absolute atomic E-state index is 0. The quantitative estimate of drug-likeness (QED) is 0.184. The molecule has 2 aromatic heterocycles. The average molecular weight is 693 g/mol. The lowest BCUT2D eigenvalue weighted by molar-refractivity contribution is 0.103. The van der Waals surface area contributed by atoms with Crippen molar-refractivity contribution in [3.63, 3.8) is 0 Å². The van der Waals surface area contributed by atoms with Crippen LogP contribution in [-0.4, -0.2) is 45.4 Å². The van der Waals surface area contributed by atoms with Gasteiger partial charge in [0.05, 0.1) is 11.4 Å². The normalized spacial score (nSPS) is 13.3. The zero-order chi connectivity index (χ0) is 29.1. The fourth-order valence-electron chi connectivity index (χ4n) is 6.26. The van der Waals surface area contributed by atoms with Crippen molar-refractivity contribution < 1.29 is 0 Å². The molecule has 0 spiro atoms. The van der Waals surface area contributed by atoms with Gasteiger partial charge in [-0.2, -0.15) is 0 Å². The highest BCUT2D eigenvalue weighted by molar-refractivity contribution is 5.86. The molecule has 0 N–H and O–H groups in total. The number of benzene rings is 2. The van der Waals surface area contributed by atoms with E-state index in [2.05, 4.69) is 107 Å². The minimum atomic E-state index is 0. The van der Waals surface area contributed by atoms with Gasteiger partial charge in [0.2, 0.25) is 0 Å². The van der Waals surface area contributed by atoms with Gasteiger partial charge in [0.1, 0.15) is 0 Å². The van der Waals surface area contributed by atoms with Crippen LogP contribution in [-0.2, 0) is 13.1 Å². The van der Waals surface area contributed by atoms with Gasteiger partial charge < -0.3 is 0 Å². The van der Waals surface area contributed by atoms with Gasteiger partial charge in [0.25, 0.3) is 0 Å². The molecule has 1 saturated heterocycles. The molecule has 2 aromatic carbocycles. The van der Waals surface area contributed by atoms with Gasteiger partial charge >= 0.3 is 0 Å². The van der Waals surface area contributed by atoms with Gasteiger partial charge in [-0.3, -0.25) is 19.8 Å². The van der Waals surface area contributed by atoms with Crippen molar-refractivity contribution in [2.45, 2.75) is 80.4 Å². The number of aromatic nitrogens is 2. The first-order chi connectivity index (χ1) is 19.7. The van der Waals surface area contributed by atoms with Gasteiger partial charge in [-0.1, -0.05) is 6.92 Å². The van der Waals surface area contributed by atoms with E-state index < -0.39 is 0 Å². The number of pyridine rings is 2. The molecule has 1 aliphatic rings. The van der Waals surface area contributed by atoms with Crippen molar-refractivity contribution in [3.05, 3.63) is 105 Å². The second-order valence-corrected chi connectivity index (χ2v) is 12.1. The largest absolute Gasteiger partial charge is 0.299 e. The van der Waals surface area contributed by atoms with E-state index in [0.717, 1.165) is 44.1 Å². The van der Waals surface area contributed by atoms with E-state index in [1.165, 1.54) is 68.5 Å². The number of rotatable bonds is 8. The molecule has 0 unspecified atom stereocenters. The van der Waals surface area contributed by atoms with Crippen molar-refractivity contribution in [2.24, 2.45) is 0 Å². The fraction of sp³-hybridized carbons (Fsp3) is 0.405. The molecule has 246 valence electrons. The van der Waals surface area contributed by atoms with Gasteiger partial charge in [-0.05, 0) is 167 Å². The summed E-state index contributed by atoms with van der Waals surface area (Å²) < 4.78 is 0. The zero-order valence-electron chi connectivity index (χ0n) is 27.7. The van der Waals surface area contributed by atoms with Gasteiger partial charge in [0.15, 0.2) is 0 Å². The summed E-state index contributed by atoms with van der Waals surface area (Å²) in [6.07, 6.45) is 6.36. The molecule has 0 radical (unpaired) electrons. The topological polar surface area (TPSA) is 32.3 Å². The third-order valence-corrected chi connectivity index (χ3v) is 9.37. The Bertz CT molecular complexity index is 1490. The number of hydrogen-bond donors (Lipinski definition) is 0. The molecule has 1 aliphatic heterocycles. The smallest absolute Gasteiger partial charge is 0.0705 e. The molecule has 4 aromatic rings. The molecule has 0 aliphatic carbocycles. The van der Waals surface area contributed by atoms with Crippen molar-refractivity contribution >= 4 is 49.6 Å². The van der Waals surface area contributed by atoms with Crippen LogP contribution >= 0.6 is 49.6 Å². The van der Waals surface area contributed by atoms with Crippen LogP contribution in [0.3, 0.4) is 0 Å². The zero-order valence-corrected chi connectivity index (χ0v) is 31.0. The standard InChI is InChI=1S/C37H46N4.4ClH/c1-8-41(24-32-10-14-39-37(22-32)34-19-27(4)30(7)28(5)20-34)35-11-15-40(16-12-35)23-31-9-13-38-36(21-31)33-17-25(2)29(6)26(3)18-33;;;;/h9-10,13-14,17-22,35H,8,11-12,15-16,23-24H2,1-7H3;4*1H. The SMILES string of the molecule is CCN(Cc1ccnc(-c2cc(C)c(C)c(C)c2)c1)C1CCN(Cc2ccnc(-c3cc(C)c(C)c(C)c3)c2)CC1.Cl.Cl.Cl.Cl. The van der Waals surface area contributed by atoms with E-state index in [9.17, 15) is 0 Å². The van der Waals surface area contributed by atoms with Crippen LogP contribution in [0.5, 0.6) is 0 Å². The van der Waals surface area contributed by atoms with Crippen LogP contribution < -0.4 is 0 Å². The number of aryl methyl sites for hydroxylation is 4. The van der Waals surface area contributed by atoms with E-state index in [4.69, 9.17) is 9.97 Å². The third-order valence-electron chi connectivity index (χ3n) is 9.37. The Morgan fingerprint density at radius 3 is 1.51 bits per heavy atom. The summed E-state index contributed by atoms with van der Waals surface area (Å²) in [6.45, 7) is 20.8. The molecule has 4 nitrogen and oxygen atoms in total. The molecule has 0 amide bonds. The number of halogens is 4. The van der Waals surface area contributed by atoms with E-state index in [1.807, 2.05) is 12.4 Å². The monoisotopic (exact) mass is 690 g/mol. The van der Waals surface area contributed by atoms with Crippen LogP contribution in [0.2, 0.25) is 0 Å². The highest BCUT2D eigenvalue weighted by Gasteiger charge is 2.24. The molecule has 8 heteroatoms. The lowest BCUT2D eigenvalue weighted by Gasteiger charge is -2.38. The number of likely N-dealkylation sites (tertiary alicyclic amines) is 1. The Morgan fingerprint density at radius 2 is 1.07 bits per heavy atom. The summed E-state index contributed by atoms with van der Waals surface area (Å²) in [6, 6.07) is 18.6.